The van der Waals surface area contributed by atoms with E-state index in [0.717, 1.165) is 16.8 Å². The first-order valence-electron chi connectivity index (χ1n) is 10.00. The van der Waals surface area contributed by atoms with Crippen LogP contribution in [-0.2, 0) is 14.4 Å². The number of carbonyl (C=O) groups is 3. The molecule has 1 aromatic carbocycles. The van der Waals surface area contributed by atoms with E-state index in [0.29, 0.717) is 0 Å². The van der Waals surface area contributed by atoms with E-state index < -0.39 is 23.8 Å². The molecule has 7 heteroatoms. The van der Waals surface area contributed by atoms with Crippen LogP contribution >= 0.6 is 0 Å². The summed E-state index contributed by atoms with van der Waals surface area (Å²) in [7, 11) is 1.55. The first kappa shape index (κ1) is 21.0. The van der Waals surface area contributed by atoms with Gasteiger partial charge in [-0.25, -0.2) is 0 Å². The molecule has 1 aliphatic heterocycles. The lowest BCUT2D eigenvalue weighted by molar-refractivity contribution is -0.140. The summed E-state index contributed by atoms with van der Waals surface area (Å²) in [6, 6.07) is 4.99. The van der Waals surface area contributed by atoms with Crippen LogP contribution in [0.15, 0.2) is 30.4 Å². The third kappa shape index (κ3) is 3.67. The number of carbonyl (C=O) groups excluding carboxylic acids is 3. The summed E-state index contributed by atoms with van der Waals surface area (Å²) in [5, 5.41) is 15.1. The number of aliphatic hydroxyl groups is 1. The van der Waals surface area contributed by atoms with Gasteiger partial charge in [-0.2, -0.15) is 0 Å². The van der Waals surface area contributed by atoms with Gasteiger partial charge in [0.15, 0.2) is 0 Å². The monoisotopic (exact) mass is 399 g/mol. The Kier molecular flexibility index (Phi) is 6.07. The topological polar surface area (TPSA) is 98.7 Å². The van der Waals surface area contributed by atoms with Crippen LogP contribution in [0.2, 0.25) is 0 Å². The molecular formula is C22H29N3O4. The van der Waals surface area contributed by atoms with Crippen molar-refractivity contribution in [3.05, 3.63) is 41.5 Å². The average Bonchev–Trinajstić information content (AvgIpc) is 2.96. The predicted octanol–water partition coefficient (Wildman–Crippen LogP) is 1.25. The molecule has 0 radical (unpaired) electrons. The predicted molar refractivity (Wildman–Crippen MR) is 110 cm³/mol. The third-order valence-electron chi connectivity index (χ3n) is 6.16. The number of aliphatic hydroxyl groups excluding tert-OH is 1. The normalized spacial score (nSPS) is 28.2. The largest absolute Gasteiger partial charge is 0.395 e. The van der Waals surface area contributed by atoms with Crippen molar-refractivity contribution in [2.45, 2.75) is 26.8 Å². The van der Waals surface area contributed by atoms with E-state index in [1.807, 2.05) is 51.1 Å². The number of rotatable bonds is 5. The van der Waals surface area contributed by atoms with Gasteiger partial charge in [0.25, 0.3) is 0 Å². The maximum absolute atomic E-state index is 13.3. The standard InChI is InChI=1S/C22H29N3O4/c1-12-8-9-15-17(16(12)20(27)23-4)22(29)25(10-11-26)19(15)21(28)24-18-13(2)6-5-7-14(18)3/h5-9,12,15-17,19,26H,10-11H2,1-4H3,(H,23,27)(H,24,28)/t12-,15+,16-,17-,19+/m1/s1. The summed E-state index contributed by atoms with van der Waals surface area (Å²) < 4.78 is 0. The van der Waals surface area contributed by atoms with Crippen molar-refractivity contribution in [3.63, 3.8) is 0 Å². The molecule has 7 nitrogen and oxygen atoms in total. The fraction of sp³-hybridized carbons (Fsp3) is 0.500. The van der Waals surface area contributed by atoms with Crippen LogP contribution in [-0.4, -0.2) is 54.0 Å². The third-order valence-corrected chi connectivity index (χ3v) is 6.16. The van der Waals surface area contributed by atoms with Gasteiger partial charge in [0.1, 0.15) is 6.04 Å². The number of fused-ring (bicyclic) bond motifs is 1. The SMILES string of the molecule is CNC(=O)[C@H]1[C@@H]2C(=O)N(CCO)[C@H](C(=O)Nc3c(C)cccc3C)[C@H]2C=C[C@H]1C. The summed E-state index contributed by atoms with van der Waals surface area (Å²) in [5.41, 5.74) is 2.60. The van der Waals surface area contributed by atoms with Gasteiger partial charge in [0.2, 0.25) is 17.7 Å². The Hall–Kier alpha value is -2.67. The van der Waals surface area contributed by atoms with E-state index in [1.165, 1.54) is 4.90 Å². The number of para-hydroxylation sites is 1. The van der Waals surface area contributed by atoms with Crippen LogP contribution in [0, 0.1) is 37.5 Å². The van der Waals surface area contributed by atoms with Gasteiger partial charge in [-0.15, -0.1) is 0 Å². The molecule has 0 unspecified atom stereocenters. The molecule has 1 heterocycles. The summed E-state index contributed by atoms with van der Waals surface area (Å²) in [5.74, 6) is -2.45. The zero-order valence-corrected chi connectivity index (χ0v) is 17.3. The number of anilines is 1. The van der Waals surface area contributed by atoms with E-state index in [-0.39, 0.29) is 36.8 Å². The molecule has 156 valence electrons. The summed E-state index contributed by atoms with van der Waals surface area (Å²) in [6.45, 7) is 5.54. The van der Waals surface area contributed by atoms with E-state index in [4.69, 9.17) is 0 Å². The molecule has 0 spiro atoms. The van der Waals surface area contributed by atoms with E-state index in [1.54, 1.807) is 7.05 Å². The number of likely N-dealkylation sites (tertiary alicyclic amines) is 1. The number of nitrogens with one attached hydrogen (secondary N) is 2. The Morgan fingerprint density at radius 1 is 1.14 bits per heavy atom. The highest BCUT2D eigenvalue weighted by atomic mass is 16.3. The van der Waals surface area contributed by atoms with Gasteiger partial charge in [-0.05, 0) is 30.9 Å². The van der Waals surface area contributed by atoms with E-state index in [2.05, 4.69) is 10.6 Å². The molecule has 1 aromatic rings. The van der Waals surface area contributed by atoms with Gasteiger partial charge >= 0.3 is 0 Å². The van der Waals surface area contributed by atoms with Crippen LogP contribution in [0.3, 0.4) is 0 Å². The van der Waals surface area contributed by atoms with Crippen molar-refractivity contribution >= 4 is 23.4 Å². The molecule has 3 rings (SSSR count). The number of nitrogens with zero attached hydrogens (tertiary/aromatic N) is 1. The number of benzene rings is 1. The minimum atomic E-state index is -0.769. The summed E-state index contributed by atoms with van der Waals surface area (Å²) in [6.07, 6.45) is 3.80. The Bertz CT molecular complexity index is 830. The molecule has 0 aromatic heterocycles. The van der Waals surface area contributed by atoms with Crippen LogP contribution in [0.5, 0.6) is 0 Å². The maximum Gasteiger partial charge on any atom is 0.247 e. The number of hydrogen-bond donors (Lipinski definition) is 3. The molecule has 5 atom stereocenters. The molecule has 3 N–H and O–H groups in total. The Balaban J connectivity index is 1.98. The number of hydrogen-bond acceptors (Lipinski definition) is 4. The lowest BCUT2D eigenvalue weighted by atomic mass is 9.70. The first-order valence-corrected chi connectivity index (χ1v) is 10.00. The second-order valence-corrected chi connectivity index (χ2v) is 7.94. The van der Waals surface area contributed by atoms with Gasteiger partial charge < -0.3 is 20.6 Å². The van der Waals surface area contributed by atoms with Crippen molar-refractivity contribution in [2.24, 2.45) is 23.7 Å². The Morgan fingerprint density at radius 3 is 2.38 bits per heavy atom. The van der Waals surface area contributed by atoms with Gasteiger partial charge in [0, 0.05) is 25.2 Å². The van der Waals surface area contributed by atoms with Crippen molar-refractivity contribution < 1.29 is 19.5 Å². The highest BCUT2D eigenvalue weighted by Gasteiger charge is 2.56. The Morgan fingerprint density at radius 2 is 1.79 bits per heavy atom. The fourth-order valence-corrected chi connectivity index (χ4v) is 4.72. The van der Waals surface area contributed by atoms with E-state index >= 15 is 0 Å². The molecule has 1 aliphatic carbocycles. The quantitative estimate of drug-likeness (QED) is 0.649. The van der Waals surface area contributed by atoms with Gasteiger partial charge in [-0.3, -0.25) is 14.4 Å². The summed E-state index contributed by atoms with van der Waals surface area (Å²) in [4.78, 5) is 40.5. The lowest BCUT2D eigenvalue weighted by Crippen LogP contribution is -2.45. The Labute approximate surface area is 171 Å². The molecule has 0 saturated carbocycles. The van der Waals surface area contributed by atoms with Crippen LogP contribution < -0.4 is 10.6 Å². The second-order valence-electron chi connectivity index (χ2n) is 7.94. The highest BCUT2D eigenvalue weighted by Crippen LogP contribution is 2.44. The molecule has 3 amide bonds. The molecule has 1 saturated heterocycles. The minimum Gasteiger partial charge on any atom is -0.395 e. The highest BCUT2D eigenvalue weighted by molar-refractivity contribution is 6.02. The number of β-amino-alcohol motifs (C(OH)–C–C–N with tert-alkyl or cyclic N) is 1. The molecule has 2 aliphatic rings. The molecule has 1 fully saturated rings. The molecular weight excluding hydrogens is 370 g/mol. The number of amides is 3. The minimum absolute atomic E-state index is 0.0549. The van der Waals surface area contributed by atoms with Crippen molar-refractivity contribution in [2.75, 3.05) is 25.5 Å². The van der Waals surface area contributed by atoms with E-state index in [9.17, 15) is 19.5 Å². The van der Waals surface area contributed by atoms with Crippen LogP contribution in [0.1, 0.15) is 18.1 Å². The summed E-state index contributed by atoms with van der Waals surface area (Å²) >= 11 is 0. The zero-order valence-electron chi connectivity index (χ0n) is 17.3. The average molecular weight is 399 g/mol. The first-order chi connectivity index (χ1) is 13.8. The molecule has 29 heavy (non-hydrogen) atoms. The molecule has 0 bridgehead atoms. The van der Waals surface area contributed by atoms with Crippen molar-refractivity contribution in [1.82, 2.24) is 10.2 Å². The smallest absolute Gasteiger partial charge is 0.247 e. The number of aryl methyl sites for hydroxylation is 2. The fourth-order valence-electron chi connectivity index (χ4n) is 4.72. The lowest BCUT2D eigenvalue weighted by Gasteiger charge is -2.32. The van der Waals surface area contributed by atoms with Crippen molar-refractivity contribution in [1.29, 1.82) is 0 Å². The van der Waals surface area contributed by atoms with Gasteiger partial charge in [-0.1, -0.05) is 37.3 Å². The second kappa shape index (κ2) is 8.37. The maximum atomic E-state index is 13.3. The van der Waals surface area contributed by atoms with Crippen LogP contribution in [0.25, 0.3) is 0 Å². The number of allylic oxidation sites excluding steroid dienone is 1. The van der Waals surface area contributed by atoms with Crippen LogP contribution in [0.4, 0.5) is 5.69 Å². The van der Waals surface area contributed by atoms with Crippen molar-refractivity contribution in [3.8, 4) is 0 Å². The van der Waals surface area contributed by atoms with Gasteiger partial charge in [0.05, 0.1) is 18.4 Å². The zero-order chi connectivity index (χ0) is 21.3.